The van der Waals surface area contributed by atoms with Crippen molar-refractivity contribution >= 4 is 104 Å². The predicted molar refractivity (Wildman–Crippen MR) is 88.9 cm³/mol. The SMILES string of the molecule is IC1=C(I)SC(=C2Sc3nsnc3S2)S1. The highest BCUT2D eigenvalue weighted by Crippen LogP contribution is 2.62. The summed E-state index contributed by atoms with van der Waals surface area (Å²) in [5.41, 5.74) is 0. The van der Waals surface area contributed by atoms with Gasteiger partial charge in [-0.25, -0.2) is 0 Å². The van der Waals surface area contributed by atoms with Crippen molar-refractivity contribution in [2.75, 3.05) is 0 Å². The third-order valence-electron chi connectivity index (χ3n) is 1.49. The van der Waals surface area contributed by atoms with Crippen molar-refractivity contribution in [3.05, 3.63) is 14.3 Å². The topological polar surface area (TPSA) is 25.8 Å². The largest absolute Gasteiger partial charge is 0.165 e. The van der Waals surface area contributed by atoms with Crippen molar-refractivity contribution in [3.63, 3.8) is 0 Å². The van der Waals surface area contributed by atoms with Gasteiger partial charge in [-0.2, -0.15) is 8.75 Å². The van der Waals surface area contributed by atoms with Crippen LogP contribution in [0.3, 0.4) is 0 Å². The van der Waals surface area contributed by atoms with Gasteiger partial charge in [0.2, 0.25) is 0 Å². The Bertz CT molecular complexity index is 455. The Morgan fingerprint density at radius 1 is 0.733 bits per heavy atom. The summed E-state index contributed by atoms with van der Waals surface area (Å²) in [6.45, 7) is 0. The molecule has 0 saturated carbocycles. The number of halogens is 2. The highest BCUT2D eigenvalue weighted by Gasteiger charge is 2.29. The van der Waals surface area contributed by atoms with Gasteiger partial charge in [-0.05, 0) is 45.2 Å². The lowest BCUT2D eigenvalue weighted by Crippen LogP contribution is -1.66. The lowest BCUT2D eigenvalue weighted by molar-refractivity contribution is 1.10. The van der Waals surface area contributed by atoms with Crippen molar-refractivity contribution < 1.29 is 0 Å². The van der Waals surface area contributed by atoms with Crippen LogP contribution in [-0.2, 0) is 0 Å². The quantitative estimate of drug-likeness (QED) is 0.434. The fraction of sp³-hybridized carbons (Fsp3) is 0. The van der Waals surface area contributed by atoms with Crippen LogP contribution in [0.25, 0.3) is 0 Å². The summed E-state index contributed by atoms with van der Waals surface area (Å²) in [4.78, 5) is 0. The molecule has 2 aliphatic rings. The zero-order chi connectivity index (χ0) is 10.4. The maximum atomic E-state index is 4.26. The van der Waals surface area contributed by atoms with E-state index in [0.717, 1.165) is 10.1 Å². The van der Waals surface area contributed by atoms with Gasteiger partial charge in [-0.1, -0.05) is 47.0 Å². The van der Waals surface area contributed by atoms with Gasteiger partial charge in [0.25, 0.3) is 0 Å². The van der Waals surface area contributed by atoms with Gasteiger partial charge in [0, 0.05) is 0 Å². The predicted octanol–water partition coefficient (Wildman–Crippen LogP) is 5.34. The normalized spacial score (nSPS) is 20.4. The molecule has 0 spiro atoms. The van der Waals surface area contributed by atoms with Crippen molar-refractivity contribution in [2.45, 2.75) is 10.1 Å². The van der Waals surface area contributed by atoms with E-state index in [1.165, 1.54) is 26.0 Å². The van der Waals surface area contributed by atoms with Gasteiger partial charge in [0.05, 0.1) is 26.0 Å². The van der Waals surface area contributed by atoms with E-state index in [0.29, 0.717) is 0 Å². The third-order valence-corrected chi connectivity index (χ3v) is 11.5. The molecule has 0 aromatic carbocycles. The molecule has 15 heavy (non-hydrogen) atoms. The molecular formula is C6I2N2S5. The van der Waals surface area contributed by atoms with Gasteiger partial charge in [0.1, 0.15) is 10.1 Å². The van der Waals surface area contributed by atoms with E-state index in [1.807, 2.05) is 23.5 Å². The third kappa shape index (κ3) is 2.38. The van der Waals surface area contributed by atoms with Gasteiger partial charge in [-0.3, -0.25) is 0 Å². The van der Waals surface area contributed by atoms with Crippen molar-refractivity contribution in [2.24, 2.45) is 0 Å². The molecule has 1 aromatic heterocycles. The smallest absolute Gasteiger partial charge is 0.150 e. The highest BCUT2D eigenvalue weighted by molar-refractivity contribution is 14.1. The molecule has 0 amide bonds. The van der Waals surface area contributed by atoms with E-state index < -0.39 is 0 Å². The zero-order valence-corrected chi connectivity index (χ0v) is 15.1. The molecule has 2 nitrogen and oxygen atoms in total. The van der Waals surface area contributed by atoms with Crippen LogP contribution < -0.4 is 0 Å². The number of hydrogen-bond donors (Lipinski definition) is 0. The summed E-state index contributed by atoms with van der Waals surface area (Å²) in [7, 11) is 0. The minimum Gasteiger partial charge on any atom is -0.165 e. The molecule has 0 fully saturated rings. The van der Waals surface area contributed by atoms with Gasteiger partial charge >= 0.3 is 0 Å². The minimum atomic E-state index is 1.07. The lowest BCUT2D eigenvalue weighted by Gasteiger charge is -1.98. The molecule has 9 heteroatoms. The van der Waals surface area contributed by atoms with Crippen LogP contribution in [-0.4, -0.2) is 8.75 Å². The Hall–Kier alpha value is 1.90. The second kappa shape index (κ2) is 4.88. The Kier molecular flexibility index (Phi) is 3.89. The first kappa shape index (κ1) is 12.0. The fourth-order valence-electron chi connectivity index (χ4n) is 0.924. The lowest BCUT2D eigenvalue weighted by atomic mass is 10.9. The molecule has 1 aromatic rings. The first-order valence-corrected chi connectivity index (χ1v) is 9.73. The van der Waals surface area contributed by atoms with Gasteiger partial charge < -0.3 is 0 Å². The van der Waals surface area contributed by atoms with Crippen LogP contribution in [0.4, 0.5) is 0 Å². The van der Waals surface area contributed by atoms with E-state index >= 15 is 0 Å². The summed E-state index contributed by atoms with van der Waals surface area (Å²) < 4.78 is 14.0. The van der Waals surface area contributed by atoms with Crippen molar-refractivity contribution in [3.8, 4) is 0 Å². The molecule has 0 atom stereocenters. The monoisotopic (exact) mass is 514 g/mol. The van der Waals surface area contributed by atoms with Crippen molar-refractivity contribution in [1.82, 2.24) is 8.75 Å². The summed E-state index contributed by atoms with van der Waals surface area (Å²) in [6, 6.07) is 0. The molecule has 0 radical (unpaired) electrons. The van der Waals surface area contributed by atoms with E-state index in [1.54, 1.807) is 23.5 Å². The maximum Gasteiger partial charge on any atom is 0.150 e. The second-order valence-corrected chi connectivity index (χ2v) is 11.1. The van der Waals surface area contributed by atoms with E-state index in [4.69, 9.17) is 0 Å². The first-order valence-electron chi connectivity index (χ1n) is 3.57. The van der Waals surface area contributed by atoms with Gasteiger partial charge in [0.15, 0.2) is 0 Å². The summed E-state index contributed by atoms with van der Waals surface area (Å²) in [5.74, 6) is 0. The molecule has 3 rings (SSSR count). The van der Waals surface area contributed by atoms with Crippen LogP contribution in [0, 0.1) is 0 Å². The average molecular weight is 514 g/mol. The van der Waals surface area contributed by atoms with Crippen LogP contribution in [0.2, 0.25) is 0 Å². The molecule has 3 heterocycles. The average Bonchev–Trinajstić information content (AvgIpc) is 2.80. The van der Waals surface area contributed by atoms with E-state index in [9.17, 15) is 0 Å². The molecule has 0 N–H and O–H groups in total. The molecular weight excluding hydrogens is 514 g/mol. The molecule has 0 bridgehead atoms. The number of aromatic nitrogens is 2. The minimum absolute atomic E-state index is 1.07. The Labute approximate surface area is 135 Å². The molecule has 0 aliphatic carbocycles. The maximum absolute atomic E-state index is 4.26. The molecule has 0 saturated heterocycles. The number of fused-ring (bicyclic) bond motifs is 1. The Morgan fingerprint density at radius 3 is 1.73 bits per heavy atom. The van der Waals surface area contributed by atoms with Crippen LogP contribution in [0.15, 0.2) is 24.3 Å². The second-order valence-electron chi connectivity index (χ2n) is 2.41. The van der Waals surface area contributed by atoms with Crippen LogP contribution in [0.5, 0.6) is 0 Å². The Balaban J connectivity index is 1.88. The summed E-state index contributed by atoms with van der Waals surface area (Å²) in [5, 5.41) is 2.15. The molecule has 78 valence electrons. The molecule has 2 aliphatic heterocycles. The summed E-state index contributed by atoms with van der Waals surface area (Å²) >= 11 is 13.3. The molecule has 0 unspecified atom stereocenters. The van der Waals surface area contributed by atoms with E-state index in [-0.39, 0.29) is 0 Å². The van der Waals surface area contributed by atoms with Crippen LogP contribution >= 0.6 is 104 Å². The standard InChI is InChI=1S/C6I2N2S5/c7-1-2(8)12-5(11-1)6-13-3-4(14-6)10-15-9-3. The van der Waals surface area contributed by atoms with Gasteiger partial charge in [-0.15, -0.1) is 0 Å². The zero-order valence-electron chi connectivity index (χ0n) is 6.69. The number of thioether (sulfide) groups is 4. The number of hydrogen-bond acceptors (Lipinski definition) is 7. The summed E-state index contributed by atoms with van der Waals surface area (Å²) in [6.07, 6.45) is 0. The number of rotatable bonds is 0. The number of nitrogens with zero attached hydrogens (tertiary/aromatic N) is 2. The van der Waals surface area contributed by atoms with Crippen LogP contribution in [0.1, 0.15) is 0 Å². The Morgan fingerprint density at radius 2 is 1.20 bits per heavy atom. The van der Waals surface area contributed by atoms with Crippen molar-refractivity contribution in [1.29, 1.82) is 0 Å². The fourth-order valence-corrected chi connectivity index (χ4v) is 9.02. The highest BCUT2D eigenvalue weighted by atomic mass is 127. The first-order chi connectivity index (χ1) is 7.24. The van der Waals surface area contributed by atoms with E-state index in [2.05, 4.69) is 53.9 Å².